The highest BCUT2D eigenvalue weighted by Gasteiger charge is 2.28. The molecule has 2 aromatic rings. The van der Waals surface area contributed by atoms with E-state index in [0.717, 1.165) is 30.4 Å². The Labute approximate surface area is 211 Å². The molecule has 0 heterocycles. The van der Waals surface area contributed by atoms with Gasteiger partial charge >= 0.3 is 0 Å². The molecule has 4 rings (SSSR count). The number of hydrogen-bond acceptors (Lipinski definition) is 2. The number of ether oxygens (including phenoxy) is 1. The van der Waals surface area contributed by atoms with Gasteiger partial charge in [0.25, 0.3) is 0 Å². The summed E-state index contributed by atoms with van der Waals surface area (Å²) < 4.78 is 6.15. The van der Waals surface area contributed by atoms with Crippen LogP contribution in [0.5, 0.6) is 0 Å². The number of aryl methyl sites for hydroxylation is 1. The van der Waals surface area contributed by atoms with Crippen LogP contribution in [0.3, 0.4) is 0 Å². The van der Waals surface area contributed by atoms with E-state index in [4.69, 9.17) is 4.74 Å². The Bertz CT molecular complexity index is 1160. The molecule has 2 unspecified atom stereocenters. The van der Waals surface area contributed by atoms with Crippen LogP contribution in [0.25, 0.3) is 0 Å². The summed E-state index contributed by atoms with van der Waals surface area (Å²) >= 11 is 0. The van der Waals surface area contributed by atoms with Crippen molar-refractivity contribution >= 4 is 0 Å². The SMILES string of the molecule is CO[C@H](C1=C[C@H](C)C=CC=C1C)C1=C(C)CCC(Cc2cccc(C(O)c3cccc(C)c3)c2)C1. The third-order valence-corrected chi connectivity index (χ3v) is 7.63. The summed E-state index contributed by atoms with van der Waals surface area (Å²) in [6.07, 6.45) is 12.8. The van der Waals surface area contributed by atoms with Gasteiger partial charge in [-0.05, 0) is 91.7 Å². The van der Waals surface area contributed by atoms with Crippen LogP contribution in [0.2, 0.25) is 0 Å². The van der Waals surface area contributed by atoms with Crippen LogP contribution in [0.1, 0.15) is 68.4 Å². The van der Waals surface area contributed by atoms with E-state index in [-0.39, 0.29) is 6.10 Å². The van der Waals surface area contributed by atoms with Gasteiger partial charge in [0.05, 0.1) is 0 Å². The fourth-order valence-corrected chi connectivity index (χ4v) is 5.62. The van der Waals surface area contributed by atoms with Crippen molar-refractivity contribution in [3.63, 3.8) is 0 Å². The first-order chi connectivity index (χ1) is 16.9. The van der Waals surface area contributed by atoms with Crippen LogP contribution in [0, 0.1) is 18.8 Å². The molecular formula is C33H40O2. The van der Waals surface area contributed by atoms with Gasteiger partial charge < -0.3 is 9.84 Å². The summed E-state index contributed by atoms with van der Waals surface area (Å²) in [4.78, 5) is 0. The molecule has 2 heteroatoms. The topological polar surface area (TPSA) is 29.5 Å². The summed E-state index contributed by atoms with van der Waals surface area (Å²) in [6, 6.07) is 16.7. The molecule has 2 aliphatic rings. The van der Waals surface area contributed by atoms with Crippen LogP contribution in [0.15, 0.2) is 95.1 Å². The highest BCUT2D eigenvalue weighted by molar-refractivity contribution is 5.44. The molecule has 0 fully saturated rings. The average Bonchev–Trinajstić information content (AvgIpc) is 3.01. The monoisotopic (exact) mass is 468 g/mol. The van der Waals surface area contributed by atoms with Crippen molar-refractivity contribution in [3.8, 4) is 0 Å². The van der Waals surface area contributed by atoms with Crippen LogP contribution in [0.4, 0.5) is 0 Å². The molecule has 0 amide bonds. The second kappa shape index (κ2) is 11.4. The zero-order valence-corrected chi connectivity index (χ0v) is 21.9. The lowest BCUT2D eigenvalue weighted by atomic mass is 9.77. The molecule has 0 saturated carbocycles. The van der Waals surface area contributed by atoms with E-state index in [0.29, 0.717) is 11.8 Å². The Morgan fingerprint density at radius 1 is 1.03 bits per heavy atom. The standard InChI is InChI=1S/C33H40O2/c1-22-10-7-13-28(17-22)32(34)29-14-8-12-26(20-29)19-27-16-15-25(4)31(21-27)33(35-5)30-18-23(2)9-6-11-24(30)3/h6-14,17-18,20,23,27,32-34H,15-16,19,21H2,1-5H3/t23-,27?,32?,33-/m1/s1. The van der Waals surface area contributed by atoms with Crippen molar-refractivity contribution in [2.45, 2.75) is 65.6 Å². The van der Waals surface area contributed by atoms with Crippen molar-refractivity contribution in [1.82, 2.24) is 0 Å². The number of aliphatic hydroxyl groups is 1. The van der Waals surface area contributed by atoms with Crippen LogP contribution in [-0.2, 0) is 11.2 Å². The average molecular weight is 469 g/mol. The minimum absolute atomic E-state index is 0.0193. The number of methoxy groups -OCH3 is 1. The molecule has 0 bridgehead atoms. The Hall–Kier alpha value is -2.68. The second-order valence-corrected chi connectivity index (χ2v) is 10.5. The van der Waals surface area contributed by atoms with Gasteiger partial charge in [-0.3, -0.25) is 0 Å². The maximum absolute atomic E-state index is 11.0. The quantitative estimate of drug-likeness (QED) is 0.420. The minimum Gasteiger partial charge on any atom is -0.384 e. The van der Waals surface area contributed by atoms with Crippen LogP contribution < -0.4 is 0 Å². The van der Waals surface area contributed by atoms with E-state index in [1.807, 2.05) is 25.3 Å². The largest absolute Gasteiger partial charge is 0.384 e. The molecular weight excluding hydrogens is 428 g/mol. The summed E-state index contributed by atoms with van der Waals surface area (Å²) in [6.45, 7) is 8.78. The predicted molar refractivity (Wildman–Crippen MR) is 146 cm³/mol. The van der Waals surface area contributed by atoms with Crippen molar-refractivity contribution in [1.29, 1.82) is 0 Å². The first kappa shape index (κ1) is 25.4. The maximum atomic E-state index is 11.0. The fourth-order valence-electron chi connectivity index (χ4n) is 5.62. The van der Waals surface area contributed by atoms with Gasteiger partial charge in [-0.1, -0.05) is 90.9 Å². The molecule has 0 radical (unpaired) electrons. The smallest absolute Gasteiger partial charge is 0.104 e. The normalized spacial score (nSPS) is 22.3. The first-order valence-electron chi connectivity index (χ1n) is 13.0. The second-order valence-electron chi connectivity index (χ2n) is 10.5. The highest BCUT2D eigenvalue weighted by Crippen LogP contribution is 2.38. The minimum atomic E-state index is -0.593. The Kier molecular flexibility index (Phi) is 8.26. The molecule has 1 N–H and O–H groups in total. The van der Waals surface area contributed by atoms with Crippen molar-refractivity contribution < 1.29 is 9.84 Å². The lowest BCUT2D eigenvalue weighted by molar-refractivity contribution is 0.151. The number of benzene rings is 2. The molecule has 4 atom stereocenters. The fraction of sp³-hybridized carbons (Fsp3) is 0.394. The van der Waals surface area contributed by atoms with E-state index in [9.17, 15) is 5.11 Å². The molecule has 0 spiro atoms. The van der Waals surface area contributed by atoms with Crippen molar-refractivity contribution in [2.75, 3.05) is 7.11 Å². The van der Waals surface area contributed by atoms with Crippen LogP contribution in [-0.4, -0.2) is 18.3 Å². The van der Waals surface area contributed by atoms with Gasteiger partial charge in [0.1, 0.15) is 12.2 Å². The third kappa shape index (κ3) is 6.12. The number of aliphatic hydroxyl groups excluding tert-OH is 1. The van der Waals surface area contributed by atoms with Gasteiger partial charge in [-0.25, -0.2) is 0 Å². The summed E-state index contributed by atoms with van der Waals surface area (Å²) in [5.74, 6) is 0.975. The zero-order chi connectivity index (χ0) is 24.9. The van der Waals surface area contributed by atoms with E-state index < -0.39 is 6.10 Å². The Morgan fingerprint density at radius 3 is 2.51 bits per heavy atom. The van der Waals surface area contributed by atoms with Gasteiger partial charge in [0.2, 0.25) is 0 Å². The first-order valence-corrected chi connectivity index (χ1v) is 13.0. The molecule has 0 aromatic heterocycles. The third-order valence-electron chi connectivity index (χ3n) is 7.63. The van der Waals surface area contributed by atoms with Crippen molar-refractivity contribution in [2.24, 2.45) is 11.8 Å². The summed E-state index contributed by atoms with van der Waals surface area (Å²) in [7, 11) is 1.85. The van der Waals surface area contributed by atoms with Gasteiger partial charge in [-0.2, -0.15) is 0 Å². The van der Waals surface area contributed by atoms with Gasteiger partial charge in [-0.15, -0.1) is 0 Å². The van der Waals surface area contributed by atoms with E-state index >= 15 is 0 Å². The molecule has 0 saturated heterocycles. The summed E-state index contributed by atoms with van der Waals surface area (Å²) in [5, 5.41) is 11.0. The number of hydrogen-bond donors (Lipinski definition) is 1. The molecule has 35 heavy (non-hydrogen) atoms. The predicted octanol–water partition coefficient (Wildman–Crippen LogP) is 7.83. The van der Waals surface area contributed by atoms with Crippen LogP contribution >= 0.6 is 0 Å². The zero-order valence-electron chi connectivity index (χ0n) is 21.9. The van der Waals surface area contributed by atoms with E-state index in [2.05, 4.69) is 82.3 Å². The molecule has 2 nitrogen and oxygen atoms in total. The molecule has 0 aliphatic heterocycles. The van der Waals surface area contributed by atoms with Crippen molar-refractivity contribution in [3.05, 3.63) is 117 Å². The summed E-state index contributed by atoms with van der Waals surface area (Å²) in [5.41, 5.74) is 9.92. The Morgan fingerprint density at radius 2 is 1.77 bits per heavy atom. The highest BCUT2D eigenvalue weighted by atomic mass is 16.5. The van der Waals surface area contributed by atoms with E-state index in [1.54, 1.807) is 0 Å². The van der Waals surface area contributed by atoms with E-state index in [1.165, 1.54) is 39.8 Å². The lowest BCUT2D eigenvalue weighted by Gasteiger charge is -2.32. The number of rotatable bonds is 7. The maximum Gasteiger partial charge on any atom is 0.104 e. The van der Waals surface area contributed by atoms with Gasteiger partial charge in [0, 0.05) is 7.11 Å². The molecule has 2 aromatic carbocycles. The van der Waals surface area contributed by atoms with Gasteiger partial charge in [0.15, 0.2) is 0 Å². The molecule has 2 aliphatic carbocycles. The molecule has 184 valence electrons. The lowest BCUT2D eigenvalue weighted by Crippen LogP contribution is -2.25. The Balaban J connectivity index is 1.52. The number of allylic oxidation sites excluding steroid dienone is 5.